The maximum atomic E-state index is 12.4. The molecule has 0 bridgehead atoms. The SMILES string of the molecule is C/C=C(\C)c1cccc(NCC)c1.C=C(OC(=NC)C(F)F)c1ccc(CC)cc1.C=NC. The van der Waals surface area contributed by atoms with Gasteiger partial charge in [0.25, 0.3) is 5.90 Å². The zero-order valence-electron chi connectivity index (χ0n) is 20.7. The summed E-state index contributed by atoms with van der Waals surface area (Å²) in [5.74, 6) is -0.442. The van der Waals surface area contributed by atoms with Crippen LogP contribution in [0.2, 0.25) is 0 Å². The van der Waals surface area contributed by atoms with Crippen LogP contribution in [0.4, 0.5) is 14.5 Å². The average Bonchev–Trinajstić information content (AvgIpc) is 2.83. The molecule has 0 unspecified atom stereocenters. The topological polar surface area (TPSA) is 46.0 Å². The van der Waals surface area contributed by atoms with Crippen molar-refractivity contribution < 1.29 is 13.5 Å². The Labute approximate surface area is 197 Å². The zero-order chi connectivity index (χ0) is 25.2. The number of benzene rings is 2. The standard InChI is InChI=1S/C13H15F2NO.C12H17N.C2H5N/c1-4-10-5-7-11(8-6-10)9(2)17-13(16-3)12(14)15;1-4-10(3)11-7-6-8-12(9-11)13-5-2;1-3-2/h5-8,12H,2,4H2,1,3H3;4,6-9,13H,5H2,1-3H3;1H2,2H3/b;10-4+;. The molecule has 0 aliphatic heterocycles. The van der Waals surface area contributed by atoms with Gasteiger partial charge < -0.3 is 15.0 Å². The molecule has 0 fully saturated rings. The molecule has 180 valence electrons. The lowest BCUT2D eigenvalue weighted by atomic mass is 10.1. The third-order valence-corrected chi connectivity index (χ3v) is 4.45. The quantitative estimate of drug-likeness (QED) is 0.268. The van der Waals surface area contributed by atoms with E-state index in [-0.39, 0.29) is 5.76 Å². The molecule has 2 aromatic carbocycles. The van der Waals surface area contributed by atoms with Crippen LogP contribution < -0.4 is 5.32 Å². The summed E-state index contributed by atoms with van der Waals surface area (Å²) >= 11 is 0. The number of nitrogens with one attached hydrogen (secondary N) is 1. The van der Waals surface area contributed by atoms with E-state index in [0.717, 1.165) is 13.0 Å². The van der Waals surface area contributed by atoms with Crippen LogP contribution in [0.15, 0.2) is 71.2 Å². The molecule has 2 aromatic rings. The molecule has 0 spiro atoms. The zero-order valence-corrected chi connectivity index (χ0v) is 20.7. The Morgan fingerprint density at radius 3 is 2.15 bits per heavy atom. The number of hydrogen-bond acceptors (Lipinski definition) is 4. The molecule has 0 aliphatic rings. The smallest absolute Gasteiger partial charge is 0.312 e. The maximum Gasteiger partial charge on any atom is 0.312 e. The highest BCUT2D eigenvalue weighted by atomic mass is 19.3. The van der Waals surface area contributed by atoms with E-state index in [9.17, 15) is 8.78 Å². The minimum Gasteiger partial charge on any atom is -0.438 e. The Morgan fingerprint density at radius 1 is 1.09 bits per heavy atom. The normalized spacial score (nSPS) is 10.9. The summed E-state index contributed by atoms with van der Waals surface area (Å²) in [5, 5.41) is 3.30. The second-order valence-corrected chi connectivity index (χ2v) is 6.84. The van der Waals surface area contributed by atoms with Crippen LogP contribution in [0, 0.1) is 0 Å². The van der Waals surface area contributed by atoms with Gasteiger partial charge in [0.15, 0.2) is 0 Å². The fourth-order valence-electron chi connectivity index (χ4n) is 2.54. The number of rotatable bonds is 7. The summed E-state index contributed by atoms with van der Waals surface area (Å²) < 4.78 is 29.7. The van der Waals surface area contributed by atoms with Gasteiger partial charge in [-0.3, -0.25) is 4.99 Å². The molecule has 0 heterocycles. The van der Waals surface area contributed by atoms with Crippen molar-refractivity contribution in [2.45, 2.75) is 40.5 Å². The molecule has 1 N–H and O–H groups in total. The van der Waals surface area contributed by atoms with Gasteiger partial charge in [0.1, 0.15) is 5.76 Å². The third kappa shape index (κ3) is 11.8. The number of hydrogen-bond donors (Lipinski definition) is 1. The largest absolute Gasteiger partial charge is 0.438 e. The number of nitrogens with zero attached hydrogens (tertiary/aromatic N) is 2. The van der Waals surface area contributed by atoms with Crippen LogP contribution in [-0.4, -0.2) is 39.7 Å². The fourth-order valence-corrected chi connectivity index (χ4v) is 2.54. The second kappa shape index (κ2) is 17.3. The molecular weight excluding hydrogens is 420 g/mol. The van der Waals surface area contributed by atoms with Gasteiger partial charge in [-0.2, -0.15) is 8.78 Å². The van der Waals surface area contributed by atoms with Gasteiger partial charge in [-0.15, -0.1) is 0 Å². The summed E-state index contributed by atoms with van der Waals surface area (Å²) in [6.45, 7) is 16.0. The maximum absolute atomic E-state index is 12.4. The van der Waals surface area contributed by atoms with Gasteiger partial charge in [-0.1, -0.05) is 56.0 Å². The minimum atomic E-state index is -2.73. The number of anilines is 1. The van der Waals surface area contributed by atoms with Crippen molar-refractivity contribution in [3.63, 3.8) is 0 Å². The molecule has 0 atom stereocenters. The van der Waals surface area contributed by atoms with Crippen molar-refractivity contribution in [2.75, 3.05) is 26.0 Å². The van der Waals surface area contributed by atoms with Crippen LogP contribution in [0.3, 0.4) is 0 Å². The minimum absolute atomic E-state index is 0.175. The number of aliphatic imine (C=N–C) groups is 2. The predicted octanol–water partition coefficient (Wildman–Crippen LogP) is 7.39. The van der Waals surface area contributed by atoms with E-state index in [0.29, 0.717) is 5.56 Å². The first kappa shape index (κ1) is 29.7. The number of alkyl halides is 2. The van der Waals surface area contributed by atoms with E-state index >= 15 is 0 Å². The Bertz CT molecular complexity index is 904. The molecule has 0 radical (unpaired) electrons. The van der Waals surface area contributed by atoms with Gasteiger partial charge >= 0.3 is 6.43 Å². The molecular formula is C27H37F2N3O. The summed E-state index contributed by atoms with van der Waals surface area (Å²) in [6, 6.07) is 15.9. The van der Waals surface area contributed by atoms with Crippen molar-refractivity contribution in [3.8, 4) is 0 Å². The molecule has 2 rings (SSSR count). The van der Waals surface area contributed by atoms with Gasteiger partial charge in [-0.05, 0) is 62.7 Å². The molecule has 33 heavy (non-hydrogen) atoms. The van der Waals surface area contributed by atoms with E-state index in [1.165, 1.54) is 29.4 Å². The summed E-state index contributed by atoms with van der Waals surface area (Å²) in [6.07, 6.45) is 0.323. The van der Waals surface area contributed by atoms with Crippen LogP contribution in [0.5, 0.6) is 0 Å². The average molecular weight is 458 g/mol. The Balaban J connectivity index is 0.000000569. The van der Waals surface area contributed by atoms with E-state index in [4.69, 9.17) is 4.74 Å². The molecule has 6 heteroatoms. The van der Waals surface area contributed by atoms with Gasteiger partial charge in [-0.25, -0.2) is 0 Å². The fraction of sp³-hybridized carbons (Fsp3) is 0.333. The Kier molecular flexibility index (Phi) is 15.6. The highest BCUT2D eigenvalue weighted by Crippen LogP contribution is 2.18. The molecule has 4 nitrogen and oxygen atoms in total. The van der Waals surface area contributed by atoms with Crippen molar-refractivity contribution in [2.24, 2.45) is 9.98 Å². The molecule has 0 saturated carbocycles. The molecule has 0 aliphatic carbocycles. The van der Waals surface area contributed by atoms with Crippen LogP contribution in [-0.2, 0) is 11.2 Å². The molecule has 0 saturated heterocycles. The first-order valence-electron chi connectivity index (χ1n) is 10.8. The van der Waals surface area contributed by atoms with Crippen molar-refractivity contribution in [1.29, 1.82) is 0 Å². The highest BCUT2D eigenvalue weighted by molar-refractivity contribution is 5.84. The van der Waals surface area contributed by atoms with Crippen molar-refractivity contribution in [1.82, 2.24) is 0 Å². The Hall–Kier alpha value is -3.28. The molecule has 0 aromatic heterocycles. The van der Waals surface area contributed by atoms with Crippen LogP contribution in [0.1, 0.15) is 44.4 Å². The van der Waals surface area contributed by atoms with Crippen molar-refractivity contribution in [3.05, 3.63) is 77.9 Å². The number of allylic oxidation sites excluding steroid dienone is 2. The van der Waals surface area contributed by atoms with E-state index < -0.39 is 12.3 Å². The summed E-state index contributed by atoms with van der Waals surface area (Å²) in [4.78, 5) is 6.62. The van der Waals surface area contributed by atoms with Gasteiger partial charge in [0.2, 0.25) is 0 Å². The van der Waals surface area contributed by atoms with E-state index in [1.807, 2.05) is 19.1 Å². The van der Waals surface area contributed by atoms with Crippen LogP contribution >= 0.6 is 0 Å². The Morgan fingerprint density at radius 2 is 1.70 bits per heavy atom. The van der Waals surface area contributed by atoms with E-state index in [2.05, 4.69) is 79.7 Å². The summed E-state index contributed by atoms with van der Waals surface area (Å²) in [5.41, 5.74) is 5.64. The summed E-state index contributed by atoms with van der Waals surface area (Å²) in [7, 11) is 2.90. The number of aryl methyl sites for hydroxylation is 1. The van der Waals surface area contributed by atoms with Gasteiger partial charge in [0, 0.05) is 31.9 Å². The first-order chi connectivity index (χ1) is 15.8. The first-order valence-corrected chi connectivity index (χ1v) is 10.8. The number of halogens is 2. The van der Waals surface area contributed by atoms with Gasteiger partial charge in [0.05, 0.1) is 0 Å². The predicted molar refractivity (Wildman–Crippen MR) is 141 cm³/mol. The molecule has 0 amide bonds. The van der Waals surface area contributed by atoms with Crippen LogP contribution in [0.25, 0.3) is 11.3 Å². The highest BCUT2D eigenvalue weighted by Gasteiger charge is 2.15. The third-order valence-electron chi connectivity index (χ3n) is 4.45. The second-order valence-electron chi connectivity index (χ2n) is 6.84. The monoisotopic (exact) mass is 457 g/mol. The van der Waals surface area contributed by atoms with E-state index in [1.54, 1.807) is 19.2 Å². The number of ether oxygens (including phenoxy) is 1. The lowest BCUT2D eigenvalue weighted by molar-refractivity contribution is 0.196. The van der Waals surface area contributed by atoms with Crippen molar-refractivity contribution >= 4 is 29.6 Å². The lowest BCUT2D eigenvalue weighted by Crippen LogP contribution is -2.13. The lowest BCUT2D eigenvalue weighted by Gasteiger charge is -2.10.